The number of methoxy groups -OCH3 is 1. The summed E-state index contributed by atoms with van der Waals surface area (Å²) in [4.78, 5) is 38.2. The molecule has 0 unspecified atom stereocenters. The van der Waals surface area contributed by atoms with Crippen molar-refractivity contribution >= 4 is 34.9 Å². The minimum absolute atomic E-state index is 0.0505. The van der Waals surface area contributed by atoms with Gasteiger partial charge in [-0.05, 0) is 30.3 Å². The molecule has 0 saturated heterocycles. The molecular weight excluding hydrogens is 395 g/mol. The lowest BCUT2D eigenvalue weighted by molar-refractivity contribution is 0.102. The molecule has 2 aromatic carbocycles. The standard InChI is InChI=1S/C19H15FN6O4/c1-29-14-9-10(5-6-11(14)20)16(27)25-18-23-12-3-2-4-13(15(12)24-18)30-19(28)26-17-21-7-8-22-17/h2-9H,1H3,(H2,21,22,26,28)(H2,23,24,25,27). The second kappa shape index (κ2) is 7.91. The number of hydrogen-bond donors (Lipinski definition) is 4. The van der Waals surface area contributed by atoms with Gasteiger partial charge in [-0.25, -0.2) is 19.2 Å². The minimum atomic E-state index is -0.754. The van der Waals surface area contributed by atoms with Crippen molar-refractivity contribution in [3.8, 4) is 11.5 Å². The molecule has 0 radical (unpaired) electrons. The molecular formula is C19H15FN6O4. The summed E-state index contributed by atoms with van der Waals surface area (Å²) < 4.78 is 23.7. The Bertz CT molecular complexity index is 1220. The highest BCUT2D eigenvalue weighted by molar-refractivity contribution is 6.04. The molecule has 4 N–H and O–H groups in total. The van der Waals surface area contributed by atoms with E-state index < -0.39 is 17.8 Å². The van der Waals surface area contributed by atoms with Crippen molar-refractivity contribution in [1.82, 2.24) is 19.9 Å². The number of hydrogen-bond acceptors (Lipinski definition) is 6. The molecule has 0 spiro atoms. The number of ether oxygens (including phenoxy) is 2. The minimum Gasteiger partial charge on any atom is -0.494 e. The van der Waals surface area contributed by atoms with Crippen LogP contribution >= 0.6 is 0 Å². The number of carbonyl (C=O) groups excluding carboxylic acids is 2. The number of H-pyrrole nitrogens is 2. The molecule has 4 rings (SSSR count). The van der Waals surface area contributed by atoms with E-state index >= 15 is 0 Å². The SMILES string of the molecule is COc1cc(C(=O)Nc2nc3cccc(OC(=O)Nc4ncc[nH]4)c3[nH]2)ccc1F. The number of nitrogens with zero attached hydrogens (tertiary/aromatic N) is 2. The van der Waals surface area contributed by atoms with Crippen molar-refractivity contribution in [1.29, 1.82) is 0 Å². The zero-order valence-electron chi connectivity index (χ0n) is 15.5. The number of imidazole rings is 2. The van der Waals surface area contributed by atoms with Crippen LogP contribution in [0.15, 0.2) is 48.8 Å². The number of fused-ring (bicyclic) bond motifs is 1. The smallest absolute Gasteiger partial charge is 0.419 e. The van der Waals surface area contributed by atoms with Crippen LogP contribution in [0.25, 0.3) is 11.0 Å². The van der Waals surface area contributed by atoms with Gasteiger partial charge in [-0.1, -0.05) is 6.07 Å². The summed E-state index contributed by atoms with van der Waals surface area (Å²) in [5.41, 5.74) is 1.05. The number of aromatic amines is 2. The highest BCUT2D eigenvalue weighted by atomic mass is 19.1. The molecule has 2 heterocycles. The first-order valence-electron chi connectivity index (χ1n) is 8.65. The van der Waals surface area contributed by atoms with E-state index in [1.807, 2.05) is 0 Å². The number of anilines is 2. The van der Waals surface area contributed by atoms with Crippen molar-refractivity contribution in [2.45, 2.75) is 0 Å². The van der Waals surface area contributed by atoms with Crippen LogP contribution in [0.2, 0.25) is 0 Å². The van der Waals surface area contributed by atoms with E-state index in [1.165, 1.54) is 25.4 Å². The van der Waals surface area contributed by atoms with Gasteiger partial charge >= 0.3 is 6.09 Å². The Kier molecular flexibility index (Phi) is 4.99. The van der Waals surface area contributed by atoms with Crippen molar-refractivity contribution in [3.63, 3.8) is 0 Å². The molecule has 2 amide bonds. The average molecular weight is 410 g/mol. The highest BCUT2D eigenvalue weighted by Gasteiger charge is 2.15. The Morgan fingerprint density at radius 1 is 1.10 bits per heavy atom. The molecule has 0 saturated carbocycles. The van der Waals surface area contributed by atoms with E-state index in [9.17, 15) is 14.0 Å². The monoisotopic (exact) mass is 410 g/mol. The molecule has 10 nitrogen and oxygen atoms in total. The number of benzene rings is 2. The molecule has 0 aliphatic carbocycles. The number of aromatic nitrogens is 4. The van der Waals surface area contributed by atoms with Gasteiger partial charge in [0.1, 0.15) is 5.52 Å². The summed E-state index contributed by atoms with van der Waals surface area (Å²) in [6.45, 7) is 0. The fraction of sp³-hybridized carbons (Fsp3) is 0.0526. The number of rotatable bonds is 5. The maximum Gasteiger partial charge on any atom is 0.419 e. The van der Waals surface area contributed by atoms with Crippen molar-refractivity contribution in [2.24, 2.45) is 0 Å². The molecule has 152 valence electrons. The summed E-state index contributed by atoms with van der Waals surface area (Å²) in [5.74, 6) is -0.587. The van der Waals surface area contributed by atoms with Crippen LogP contribution < -0.4 is 20.1 Å². The van der Waals surface area contributed by atoms with Crippen LogP contribution in [0, 0.1) is 5.82 Å². The van der Waals surface area contributed by atoms with Crippen LogP contribution in [-0.4, -0.2) is 39.0 Å². The number of para-hydroxylation sites is 1. The predicted octanol–water partition coefficient (Wildman–Crippen LogP) is 3.30. The molecule has 0 aliphatic rings. The summed E-state index contributed by atoms with van der Waals surface area (Å²) >= 11 is 0. The van der Waals surface area contributed by atoms with Gasteiger partial charge in [0, 0.05) is 18.0 Å². The molecule has 30 heavy (non-hydrogen) atoms. The van der Waals surface area contributed by atoms with Crippen LogP contribution in [-0.2, 0) is 0 Å². The van der Waals surface area contributed by atoms with Crippen LogP contribution in [0.4, 0.5) is 21.1 Å². The van der Waals surface area contributed by atoms with Gasteiger partial charge in [-0.15, -0.1) is 0 Å². The lowest BCUT2D eigenvalue weighted by atomic mass is 10.2. The topological polar surface area (TPSA) is 134 Å². The predicted molar refractivity (Wildman–Crippen MR) is 105 cm³/mol. The first-order chi connectivity index (χ1) is 14.5. The Balaban J connectivity index is 1.53. The second-order valence-electron chi connectivity index (χ2n) is 5.99. The second-order valence-corrected chi connectivity index (χ2v) is 5.99. The zero-order valence-corrected chi connectivity index (χ0v) is 15.5. The normalized spacial score (nSPS) is 10.6. The highest BCUT2D eigenvalue weighted by Crippen LogP contribution is 2.26. The van der Waals surface area contributed by atoms with Gasteiger partial charge in [0.05, 0.1) is 12.6 Å². The first-order valence-corrected chi connectivity index (χ1v) is 8.65. The van der Waals surface area contributed by atoms with Gasteiger partial charge in [0.2, 0.25) is 11.9 Å². The van der Waals surface area contributed by atoms with Gasteiger partial charge < -0.3 is 19.4 Å². The largest absolute Gasteiger partial charge is 0.494 e. The summed E-state index contributed by atoms with van der Waals surface area (Å²) in [5, 5.41) is 5.02. The van der Waals surface area contributed by atoms with E-state index in [0.717, 1.165) is 6.07 Å². The Morgan fingerprint density at radius 3 is 2.73 bits per heavy atom. The summed E-state index contributed by atoms with van der Waals surface area (Å²) in [6, 6.07) is 8.63. The molecule has 11 heteroatoms. The maximum absolute atomic E-state index is 13.5. The fourth-order valence-electron chi connectivity index (χ4n) is 2.69. The number of nitrogens with one attached hydrogen (secondary N) is 4. The van der Waals surface area contributed by atoms with Crippen LogP contribution in [0.3, 0.4) is 0 Å². The zero-order chi connectivity index (χ0) is 21.1. The Hall–Kier alpha value is -4.41. The van der Waals surface area contributed by atoms with Crippen molar-refractivity contribution in [3.05, 3.63) is 60.2 Å². The Labute approximate surface area is 168 Å². The lowest BCUT2D eigenvalue weighted by Crippen LogP contribution is -2.17. The third-order valence-corrected chi connectivity index (χ3v) is 4.05. The van der Waals surface area contributed by atoms with E-state index in [0.29, 0.717) is 11.0 Å². The quantitative estimate of drug-likeness (QED) is 0.399. The van der Waals surface area contributed by atoms with Crippen molar-refractivity contribution in [2.75, 3.05) is 17.7 Å². The molecule has 0 aliphatic heterocycles. The first kappa shape index (κ1) is 18.9. The van der Waals surface area contributed by atoms with Gasteiger partial charge in [-0.3, -0.25) is 15.4 Å². The number of carbonyl (C=O) groups is 2. The van der Waals surface area contributed by atoms with Crippen molar-refractivity contribution < 1.29 is 23.5 Å². The van der Waals surface area contributed by atoms with Gasteiger partial charge in [-0.2, -0.15) is 0 Å². The molecule has 4 aromatic rings. The summed E-state index contributed by atoms with van der Waals surface area (Å²) in [6.07, 6.45) is 2.28. The average Bonchev–Trinajstić information content (AvgIpc) is 3.38. The maximum atomic E-state index is 13.5. The third kappa shape index (κ3) is 3.90. The number of amides is 2. The molecule has 0 fully saturated rings. The van der Waals surface area contributed by atoms with E-state index in [-0.39, 0.29) is 29.0 Å². The van der Waals surface area contributed by atoms with Crippen LogP contribution in [0.1, 0.15) is 10.4 Å². The van der Waals surface area contributed by atoms with E-state index in [2.05, 4.69) is 30.6 Å². The molecule has 2 aromatic heterocycles. The summed E-state index contributed by atoms with van der Waals surface area (Å²) in [7, 11) is 1.31. The lowest BCUT2D eigenvalue weighted by Gasteiger charge is -2.06. The third-order valence-electron chi connectivity index (χ3n) is 4.05. The van der Waals surface area contributed by atoms with E-state index in [1.54, 1.807) is 24.4 Å². The fourth-order valence-corrected chi connectivity index (χ4v) is 2.69. The van der Waals surface area contributed by atoms with Crippen LogP contribution in [0.5, 0.6) is 11.5 Å². The molecule has 0 bridgehead atoms. The number of halogens is 1. The molecule has 0 atom stereocenters. The van der Waals surface area contributed by atoms with Gasteiger partial charge in [0.25, 0.3) is 5.91 Å². The van der Waals surface area contributed by atoms with E-state index in [4.69, 9.17) is 9.47 Å². The Morgan fingerprint density at radius 2 is 1.97 bits per heavy atom. The van der Waals surface area contributed by atoms with Gasteiger partial charge in [0.15, 0.2) is 17.3 Å².